The minimum Gasteiger partial charge on any atom is -0.484 e. The second kappa shape index (κ2) is 4.42. The van der Waals surface area contributed by atoms with E-state index in [1.165, 1.54) is 5.56 Å². The Morgan fingerprint density at radius 1 is 0.941 bits per heavy atom. The Morgan fingerprint density at radius 3 is 2.47 bits per heavy atom. The predicted molar refractivity (Wildman–Crippen MR) is 69.6 cm³/mol. The molecule has 1 aliphatic rings. The summed E-state index contributed by atoms with van der Waals surface area (Å²) in [5.41, 5.74) is 2.33. The van der Waals surface area contributed by atoms with Gasteiger partial charge in [-0.15, -0.1) is 11.6 Å². The number of hydrogen-bond acceptors (Lipinski definition) is 1. The van der Waals surface area contributed by atoms with E-state index in [0.29, 0.717) is 0 Å². The molecule has 0 aromatic heterocycles. The molecule has 0 spiro atoms. The van der Waals surface area contributed by atoms with E-state index in [2.05, 4.69) is 18.2 Å². The Labute approximate surface area is 106 Å². The van der Waals surface area contributed by atoms with Gasteiger partial charge in [0.05, 0.1) is 5.38 Å². The zero-order chi connectivity index (χ0) is 11.7. The highest BCUT2D eigenvalue weighted by Crippen LogP contribution is 2.37. The van der Waals surface area contributed by atoms with Gasteiger partial charge in [0.25, 0.3) is 0 Å². The van der Waals surface area contributed by atoms with Crippen LogP contribution < -0.4 is 4.74 Å². The Morgan fingerprint density at radius 2 is 1.65 bits per heavy atom. The van der Waals surface area contributed by atoms with E-state index in [-0.39, 0.29) is 11.5 Å². The fraction of sp³-hybridized carbons (Fsp3) is 0.200. The number of ether oxygens (including phenoxy) is 1. The largest absolute Gasteiger partial charge is 0.484 e. The average Bonchev–Trinajstić information content (AvgIpc) is 2.39. The van der Waals surface area contributed by atoms with Gasteiger partial charge in [0.2, 0.25) is 0 Å². The second-order valence-corrected chi connectivity index (χ2v) is 4.84. The summed E-state index contributed by atoms with van der Waals surface area (Å²) in [5.74, 6) is 0.957. The normalized spacial score (nSPS) is 22.6. The van der Waals surface area contributed by atoms with Gasteiger partial charge in [-0.2, -0.15) is 0 Å². The molecule has 2 heteroatoms. The van der Waals surface area contributed by atoms with E-state index in [1.54, 1.807) is 0 Å². The highest BCUT2D eigenvalue weighted by molar-refractivity contribution is 6.21. The van der Waals surface area contributed by atoms with Gasteiger partial charge in [-0.25, -0.2) is 0 Å². The van der Waals surface area contributed by atoms with Crippen molar-refractivity contribution in [3.05, 3.63) is 65.7 Å². The fourth-order valence-electron chi connectivity index (χ4n) is 2.23. The quantitative estimate of drug-likeness (QED) is 0.690. The summed E-state index contributed by atoms with van der Waals surface area (Å²) < 4.78 is 6.00. The van der Waals surface area contributed by atoms with Crippen molar-refractivity contribution in [2.24, 2.45) is 0 Å². The number of halogens is 1. The third kappa shape index (κ3) is 2.03. The maximum atomic E-state index is 6.42. The minimum atomic E-state index is -0.0484. The minimum absolute atomic E-state index is 0.00713. The molecule has 3 rings (SSSR count). The molecule has 0 N–H and O–H groups in total. The van der Waals surface area contributed by atoms with Gasteiger partial charge in [-0.1, -0.05) is 48.5 Å². The van der Waals surface area contributed by atoms with E-state index >= 15 is 0 Å². The highest BCUT2D eigenvalue weighted by atomic mass is 35.5. The Balaban J connectivity index is 1.95. The van der Waals surface area contributed by atoms with E-state index in [9.17, 15) is 0 Å². The van der Waals surface area contributed by atoms with Crippen LogP contribution in [0.25, 0.3) is 0 Å². The van der Waals surface area contributed by atoms with Gasteiger partial charge < -0.3 is 4.74 Å². The number of rotatable bonds is 1. The lowest BCUT2D eigenvalue weighted by molar-refractivity contribution is 0.181. The first-order valence-corrected chi connectivity index (χ1v) is 6.22. The lowest BCUT2D eigenvalue weighted by Gasteiger charge is -2.30. The second-order valence-electron chi connectivity index (χ2n) is 4.28. The number of fused-ring (bicyclic) bond motifs is 1. The molecule has 0 bridgehead atoms. The zero-order valence-corrected chi connectivity index (χ0v) is 10.1. The first-order valence-electron chi connectivity index (χ1n) is 5.78. The van der Waals surface area contributed by atoms with Gasteiger partial charge in [-0.05, 0) is 23.6 Å². The average molecular weight is 245 g/mol. The van der Waals surface area contributed by atoms with Crippen LogP contribution in [0.2, 0.25) is 0 Å². The first kappa shape index (κ1) is 10.7. The SMILES string of the molecule is ClC1Cc2ccccc2OC1c1ccccc1. The van der Waals surface area contributed by atoms with Crippen LogP contribution in [0, 0.1) is 0 Å². The summed E-state index contributed by atoms with van der Waals surface area (Å²) in [7, 11) is 0. The molecular formula is C15H13ClO. The molecule has 1 aliphatic heterocycles. The summed E-state index contributed by atoms with van der Waals surface area (Å²) >= 11 is 6.42. The van der Waals surface area contributed by atoms with Crippen molar-refractivity contribution in [2.75, 3.05) is 0 Å². The molecule has 0 fully saturated rings. The molecule has 2 unspecified atom stereocenters. The smallest absolute Gasteiger partial charge is 0.140 e. The van der Waals surface area contributed by atoms with Gasteiger partial charge in [0.1, 0.15) is 11.9 Å². The summed E-state index contributed by atoms with van der Waals surface area (Å²) in [6.45, 7) is 0. The third-order valence-corrected chi connectivity index (χ3v) is 3.48. The van der Waals surface area contributed by atoms with Gasteiger partial charge >= 0.3 is 0 Å². The van der Waals surface area contributed by atoms with Crippen LogP contribution in [0.4, 0.5) is 0 Å². The summed E-state index contributed by atoms with van der Waals surface area (Å²) in [6, 6.07) is 18.3. The fourth-order valence-corrected chi connectivity index (χ4v) is 2.60. The lowest BCUT2D eigenvalue weighted by Crippen LogP contribution is -2.26. The molecule has 0 radical (unpaired) electrons. The molecule has 1 heterocycles. The highest BCUT2D eigenvalue weighted by Gasteiger charge is 2.29. The molecule has 2 atom stereocenters. The standard InChI is InChI=1S/C15H13ClO/c16-13-10-12-8-4-5-9-14(12)17-15(13)11-6-2-1-3-7-11/h1-9,13,15H,10H2. The Bertz CT molecular complexity index is 509. The molecule has 0 saturated carbocycles. The van der Waals surface area contributed by atoms with Gasteiger partial charge in [-0.3, -0.25) is 0 Å². The molecule has 0 saturated heterocycles. The number of alkyl halides is 1. The van der Waals surface area contributed by atoms with Crippen molar-refractivity contribution in [3.8, 4) is 5.75 Å². The molecule has 86 valence electrons. The third-order valence-electron chi connectivity index (χ3n) is 3.10. The van der Waals surface area contributed by atoms with Crippen molar-refractivity contribution < 1.29 is 4.74 Å². The molecule has 2 aromatic carbocycles. The number of para-hydroxylation sites is 1. The predicted octanol–water partition coefficient (Wildman–Crippen LogP) is 3.97. The van der Waals surface area contributed by atoms with Crippen molar-refractivity contribution in [1.82, 2.24) is 0 Å². The molecule has 17 heavy (non-hydrogen) atoms. The van der Waals surface area contributed by atoms with Crippen LogP contribution in [0.5, 0.6) is 5.75 Å². The lowest BCUT2D eigenvalue weighted by atomic mass is 9.97. The summed E-state index contributed by atoms with van der Waals surface area (Å²) in [5, 5.41) is -0.00713. The monoisotopic (exact) mass is 244 g/mol. The molecule has 2 aromatic rings. The maximum Gasteiger partial charge on any atom is 0.140 e. The van der Waals surface area contributed by atoms with Crippen LogP contribution in [0.1, 0.15) is 17.2 Å². The van der Waals surface area contributed by atoms with Crippen molar-refractivity contribution in [1.29, 1.82) is 0 Å². The molecule has 1 nitrogen and oxygen atoms in total. The van der Waals surface area contributed by atoms with E-state index in [1.807, 2.05) is 36.4 Å². The Hall–Kier alpha value is -1.47. The van der Waals surface area contributed by atoms with Gasteiger partial charge in [0, 0.05) is 0 Å². The molecule has 0 amide bonds. The topological polar surface area (TPSA) is 9.23 Å². The molecule has 0 aliphatic carbocycles. The summed E-state index contributed by atoms with van der Waals surface area (Å²) in [6.07, 6.45) is 0.810. The summed E-state index contributed by atoms with van der Waals surface area (Å²) in [4.78, 5) is 0. The Kier molecular flexibility index (Phi) is 2.77. The maximum absolute atomic E-state index is 6.42. The van der Waals surface area contributed by atoms with E-state index in [4.69, 9.17) is 16.3 Å². The van der Waals surface area contributed by atoms with Crippen molar-refractivity contribution >= 4 is 11.6 Å². The van der Waals surface area contributed by atoms with Crippen LogP contribution in [-0.4, -0.2) is 5.38 Å². The zero-order valence-electron chi connectivity index (χ0n) is 9.34. The van der Waals surface area contributed by atoms with Crippen molar-refractivity contribution in [3.63, 3.8) is 0 Å². The van der Waals surface area contributed by atoms with E-state index in [0.717, 1.165) is 17.7 Å². The van der Waals surface area contributed by atoms with Crippen LogP contribution in [0.15, 0.2) is 54.6 Å². The van der Waals surface area contributed by atoms with Gasteiger partial charge in [0.15, 0.2) is 0 Å². The molecular weight excluding hydrogens is 232 g/mol. The van der Waals surface area contributed by atoms with Crippen LogP contribution in [0.3, 0.4) is 0 Å². The van der Waals surface area contributed by atoms with Crippen molar-refractivity contribution in [2.45, 2.75) is 17.9 Å². The number of benzene rings is 2. The van der Waals surface area contributed by atoms with E-state index < -0.39 is 0 Å². The van der Waals surface area contributed by atoms with Crippen LogP contribution in [-0.2, 0) is 6.42 Å². The number of hydrogen-bond donors (Lipinski definition) is 0. The first-order chi connectivity index (χ1) is 8.34. The van der Waals surface area contributed by atoms with Crippen LogP contribution >= 0.6 is 11.6 Å².